The molecule has 0 aliphatic carbocycles. The van der Waals surface area contributed by atoms with E-state index in [0.717, 1.165) is 0 Å². The Labute approximate surface area is 159 Å². The van der Waals surface area contributed by atoms with Crippen molar-refractivity contribution < 1.29 is 23.0 Å². The molecule has 8 heteroatoms. The van der Waals surface area contributed by atoms with E-state index in [1.165, 1.54) is 30.7 Å². The Morgan fingerprint density at radius 1 is 1.04 bits per heavy atom. The number of nitrogens with zero attached hydrogens (tertiary/aromatic N) is 2. The van der Waals surface area contributed by atoms with Gasteiger partial charge in [-0.25, -0.2) is 8.42 Å². The van der Waals surface area contributed by atoms with Crippen molar-refractivity contribution in [3.05, 3.63) is 42.0 Å². The van der Waals surface area contributed by atoms with Crippen LogP contribution in [0.3, 0.4) is 0 Å². The van der Waals surface area contributed by atoms with Crippen molar-refractivity contribution >= 4 is 21.9 Å². The number of hydrogen-bond acceptors (Lipinski definition) is 6. The maximum absolute atomic E-state index is 12.5. The molecule has 2 aromatic rings. The van der Waals surface area contributed by atoms with E-state index in [1.54, 1.807) is 44.3 Å². The van der Waals surface area contributed by atoms with Crippen molar-refractivity contribution in [3.8, 4) is 17.2 Å². The van der Waals surface area contributed by atoms with Gasteiger partial charge in [0.15, 0.2) is 11.5 Å². The van der Waals surface area contributed by atoms with Crippen LogP contribution in [0.1, 0.15) is 19.4 Å². The fourth-order valence-corrected chi connectivity index (χ4v) is 4.01. The Morgan fingerprint density at radius 2 is 1.56 bits per heavy atom. The molecule has 7 nitrogen and oxygen atoms in total. The minimum absolute atomic E-state index is 0.0805. The first-order valence-electron chi connectivity index (χ1n) is 8.46. The van der Waals surface area contributed by atoms with Crippen molar-refractivity contribution in [1.29, 1.82) is 0 Å². The van der Waals surface area contributed by atoms with Crippen LogP contribution in [-0.4, -0.2) is 51.4 Å². The monoisotopic (exact) mass is 392 g/mol. The summed E-state index contributed by atoms with van der Waals surface area (Å²) in [4.78, 5) is 4.57. The van der Waals surface area contributed by atoms with Crippen LogP contribution in [0.15, 0.2) is 46.3 Å². The van der Waals surface area contributed by atoms with Crippen LogP contribution in [0.25, 0.3) is 0 Å². The Hall–Kier alpha value is -2.58. The second-order valence-electron chi connectivity index (χ2n) is 5.62. The van der Waals surface area contributed by atoms with E-state index in [0.29, 0.717) is 24.3 Å². The summed E-state index contributed by atoms with van der Waals surface area (Å²) in [6, 6.07) is 9.61. The average Bonchev–Trinajstić information content (AvgIpc) is 2.68. The highest BCUT2D eigenvalue weighted by molar-refractivity contribution is 7.89. The van der Waals surface area contributed by atoms with Gasteiger partial charge in [0.2, 0.25) is 15.8 Å². The Balaban J connectivity index is 2.27. The molecule has 2 aromatic carbocycles. The highest BCUT2D eigenvalue weighted by Gasteiger charge is 2.21. The number of rotatable bonds is 8. The number of aliphatic imine (C=N–C) groups is 1. The Kier molecular flexibility index (Phi) is 6.81. The molecule has 0 spiro atoms. The fraction of sp³-hybridized carbons (Fsp3) is 0.316. The summed E-state index contributed by atoms with van der Waals surface area (Å²) in [7, 11) is -0.589. The minimum Gasteiger partial charge on any atom is -0.502 e. The van der Waals surface area contributed by atoms with Crippen molar-refractivity contribution in [3.63, 3.8) is 0 Å². The zero-order valence-electron chi connectivity index (χ0n) is 15.8. The summed E-state index contributed by atoms with van der Waals surface area (Å²) in [5.41, 5.74) is 1.26. The van der Waals surface area contributed by atoms with Crippen LogP contribution < -0.4 is 9.47 Å². The molecule has 0 atom stereocenters. The van der Waals surface area contributed by atoms with E-state index in [-0.39, 0.29) is 22.1 Å². The van der Waals surface area contributed by atoms with Gasteiger partial charge in [-0.05, 0) is 36.4 Å². The molecule has 0 saturated heterocycles. The summed E-state index contributed by atoms with van der Waals surface area (Å²) >= 11 is 0. The number of aromatic hydroxyl groups is 1. The highest BCUT2D eigenvalue weighted by Crippen LogP contribution is 2.36. The largest absolute Gasteiger partial charge is 0.502 e. The highest BCUT2D eigenvalue weighted by atomic mass is 32.2. The Morgan fingerprint density at radius 3 is 2.00 bits per heavy atom. The van der Waals surface area contributed by atoms with Gasteiger partial charge in [0.1, 0.15) is 0 Å². The predicted octanol–water partition coefficient (Wildman–Crippen LogP) is 3.19. The summed E-state index contributed by atoms with van der Waals surface area (Å²) in [6.07, 6.45) is 1.58. The molecular formula is C19H24N2O5S. The van der Waals surface area contributed by atoms with Crippen LogP contribution in [0.5, 0.6) is 17.2 Å². The van der Waals surface area contributed by atoms with Crippen molar-refractivity contribution in [2.45, 2.75) is 18.7 Å². The SMILES string of the molecule is CCN(CC)S(=O)(=O)c1ccc(N=Cc2cc(OC)c(O)c(OC)c2)cc1. The van der Waals surface area contributed by atoms with Gasteiger partial charge < -0.3 is 14.6 Å². The van der Waals surface area contributed by atoms with Crippen LogP contribution in [0.4, 0.5) is 5.69 Å². The third-order valence-electron chi connectivity index (χ3n) is 4.04. The molecule has 27 heavy (non-hydrogen) atoms. The standard InChI is InChI=1S/C19H24N2O5S/c1-5-21(6-2)27(23,24)16-9-7-15(8-10-16)20-13-14-11-17(25-3)19(22)18(12-14)26-4/h7-13,22H,5-6H2,1-4H3. The molecule has 0 radical (unpaired) electrons. The van der Waals surface area contributed by atoms with Gasteiger partial charge in [-0.2, -0.15) is 4.31 Å². The lowest BCUT2D eigenvalue weighted by Gasteiger charge is -2.18. The molecule has 0 fully saturated rings. The van der Waals surface area contributed by atoms with E-state index in [2.05, 4.69) is 4.99 Å². The number of methoxy groups -OCH3 is 2. The third-order valence-corrected chi connectivity index (χ3v) is 6.11. The molecule has 0 aliphatic rings. The van der Waals surface area contributed by atoms with Crippen molar-refractivity contribution in [2.75, 3.05) is 27.3 Å². The number of sulfonamides is 1. The van der Waals surface area contributed by atoms with Gasteiger partial charge in [-0.3, -0.25) is 4.99 Å². The van der Waals surface area contributed by atoms with Gasteiger partial charge in [0, 0.05) is 24.9 Å². The summed E-state index contributed by atoms with van der Waals surface area (Å²) in [5.74, 6) is 0.469. The number of ether oxygens (including phenoxy) is 2. The Bertz CT molecular complexity index is 879. The van der Waals surface area contributed by atoms with Crippen molar-refractivity contribution in [2.24, 2.45) is 4.99 Å². The quantitative estimate of drug-likeness (QED) is 0.697. The predicted molar refractivity (Wildman–Crippen MR) is 105 cm³/mol. The second-order valence-corrected chi connectivity index (χ2v) is 7.55. The molecule has 2 rings (SSSR count). The lowest BCUT2D eigenvalue weighted by atomic mass is 10.2. The fourth-order valence-electron chi connectivity index (χ4n) is 2.55. The van der Waals surface area contributed by atoms with Crippen LogP contribution in [0.2, 0.25) is 0 Å². The molecule has 0 amide bonds. The molecular weight excluding hydrogens is 368 g/mol. The number of hydrogen-bond donors (Lipinski definition) is 1. The topological polar surface area (TPSA) is 88.4 Å². The number of phenols is 1. The number of benzene rings is 2. The van der Waals surface area contributed by atoms with Gasteiger partial charge in [-0.1, -0.05) is 13.8 Å². The van der Waals surface area contributed by atoms with Crippen LogP contribution in [0, 0.1) is 0 Å². The number of phenolic OH excluding ortho intramolecular Hbond substituents is 1. The summed E-state index contributed by atoms with van der Waals surface area (Å²) < 4.78 is 36.6. The lowest BCUT2D eigenvalue weighted by molar-refractivity contribution is 0.340. The molecule has 0 unspecified atom stereocenters. The third kappa shape index (κ3) is 4.58. The van der Waals surface area contributed by atoms with E-state index in [4.69, 9.17) is 9.47 Å². The zero-order valence-corrected chi connectivity index (χ0v) is 16.7. The summed E-state index contributed by atoms with van der Waals surface area (Å²) in [6.45, 7) is 4.45. The molecule has 146 valence electrons. The first kappa shape index (κ1) is 20.7. The van der Waals surface area contributed by atoms with Crippen LogP contribution >= 0.6 is 0 Å². The first-order valence-corrected chi connectivity index (χ1v) is 9.90. The van der Waals surface area contributed by atoms with E-state index >= 15 is 0 Å². The normalized spacial score (nSPS) is 11.9. The van der Waals surface area contributed by atoms with Crippen LogP contribution in [-0.2, 0) is 10.0 Å². The lowest BCUT2D eigenvalue weighted by Crippen LogP contribution is -2.30. The molecule has 0 saturated carbocycles. The van der Waals surface area contributed by atoms with E-state index < -0.39 is 10.0 Å². The average molecular weight is 392 g/mol. The molecule has 0 bridgehead atoms. The molecule has 0 aliphatic heterocycles. The molecule has 0 heterocycles. The zero-order chi connectivity index (χ0) is 20.0. The van der Waals surface area contributed by atoms with Crippen molar-refractivity contribution in [1.82, 2.24) is 4.31 Å². The minimum atomic E-state index is -3.49. The van der Waals surface area contributed by atoms with Gasteiger partial charge in [0.05, 0.1) is 24.8 Å². The van der Waals surface area contributed by atoms with Gasteiger partial charge in [-0.15, -0.1) is 0 Å². The maximum Gasteiger partial charge on any atom is 0.243 e. The second kappa shape index (κ2) is 8.88. The molecule has 1 N–H and O–H groups in total. The summed E-state index contributed by atoms with van der Waals surface area (Å²) in [5, 5.41) is 9.94. The van der Waals surface area contributed by atoms with E-state index in [9.17, 15) is 13.5 Å². The first-order chi connectivity index (χ1) is 12.9. The van der Waals surface area contributed by atoms with E-state index in [1.807, 2.05) is 0 Å². The molecule has 0 aromatic heterocycles. The van der Waals surface area contributed by atoms with Gasteiger partial charge in [0.25, 0.3) is 0 Å². The smallest absolute Gasteiger partial charge is 0.243 e. The maximum atomic E-state index is 12.5. The van der Waals surface area contributed by atoms with Gasteiger partial charge >= 0.3 is 0 Å².